The molecule has 2 atom stereocenters. The van der Waals surface area contributed by atoms with E-state index in [9.17, 15) is 4.79 Å². The van der Waals surface area contributed by atoms with Gasteiger partial charge in [-0.2, -0.15) is 0 Å². The molecule has 1 aromatic carbocycles. The highest BCUT2D eigenvalue weighted by molar-refractivity contribution is 5.66. The molecule has 1 N–H and O–H groups in total. The van der Waals surface area contributed by atoms with Crippen molar-refractivity contribution in [2.24, 2.45) is 16.8 Å². The van der Waals surface area contributed by atoms with Crippen molar-refractivity contribution >= 4 is 17.9 Å². The van der Waals surface area contributed by atoms with Gasteiger partial charge in [-0.1, -0.05) is 39.0 Å². The summed E-state index contributed by atoms with van der Waals surface area (Å²) >= 11 is 0. The van der Waals surface area contributed by atoms with Crippen molar-refractivity contribution in [1.29, 1.82) is 0 Å². The van der Waals surface area contributed by atoms with Crippen molar-refractivity contribution < 1.29 is 9.90 Å². The third kappa shape index (κ3) is 6.56. The number of rotatable bonds is 9. The summed E-state index contributed by atoms with van der Waals surface area (Å²) in [5.74, 6) is 0.265. The van der Waals surface area contributed by atoms with Crippen LogP contribution in [0.25, 0.3) is 0 Å². The van der Waals surface area contributed by atoms with E-state index in [1.54, 1.807) is 0 Å². The van der Waals surface area contributed by atoms with Crippen LogP contribution in [0.3, 0.4) is 0 Å². The molecule has 21 heavy (non-hydrogen) atoms. The molecule has 0 amide bonds. The van der Waals surface area contributed by atoms with Crippen LogP contribution in [0.1, 0.15) is 52.0 Å². The molecule has 0 aliphatic heterocycles. The fraction of sp³-hybridized carbons (Fsp3) is 0.556. The summed E-state index contributed by atoms with van der Waals surface area (Å²) in [7, 11) is 0. The maximum absolute atomic E-state index is 10.6. The van der Waals surface area contributed by atoms with E-state index in [0.717, 1.165) is 31.4 Å². The number of aliphatic carboxylic acids is 1. The predicted octanol–water partition coefficient (Wildman–Crippen LogP) is 4.87. The molecule has 1 rings (SSSR count). The topological polar surface area (TPSA) is 49.7 Å². The van der Waals surface area contributed by atoms with Crippen LogP contribution in [0.2, 0.25) is 0 Å². The maximum Gasteiger partial charge on any atom is 0.303 e. The molecule has 0 aliphatic rings. The minimum Gasteiger partial charge on any atom is -0.481 e. The Morgan fingerprint density at radius 2 is 1.90 bits per heavy atom. The van der Waals surface area contributed by atoms with Gasteiger partial charge >= 0.3 is 5.97 Å². The average molecular weight is 289 g/mol. The molecule has 0 aliphatic carbocycles. The number of carboxylic acid groups (broad SMARTS) is 1. The van der Waals surface area contributed by atoms with E-state index in [2.05, 4.69) is 31.8 Å². The van der Waals surface area contributed by atoms with Crippen molar-refractivity contribution in [3.63, 3.8) is 0 Å². The monoisotopic (exact) mass is 289 g/mol. The minimum atomic E-state index is -0.702. The number of benzene rings is 1. The minimum absolute atomic E-state index is 0.267. The predicted molar refractivity (Wildman–Crippen MR) is 88.4 cm³/mol. The molecule has 0 fully saturated rings. The van der Waals surface area contributed by atoms with Crippen LogP contribution in [-0.4, -0.2) is 17.3 Å². The number of aryl methyl sites for hydroxylation is 1. The molecule has 0 bridgehead atoms. The summed E-state index contributed by atoms with van der Waals surface area (Å²) < 4.78 is 0. The lowest BCUT2D eigenvalue weighted by molar-refractivity contribution is -0.137. The van der Waals surface area contributed by atoms with Gasteiger partial charge in [0.2, 0.25) is 0 Å². The van der Waals surface area contributed by atoms with Gasteiger partial charge in [0.15, 0.2) is 0 Å². The number of nitrogens with zero attached hydrogens (tertiary/aromatic N) is 1. The van der Waals surface area contributed by atoms with Crippen molar-refractivity contribution in [2.45, 2.75) is 52.9 Å². The lowest BCUT2D eigenvalue weighted by atomic mass is 9.88. The zero-order valence-corrected chi connectivity index (χ0v) is 13.4. The molecule has 0 heterocycles. The summed E-state index contributed by atoms with van der Waals surface area (Å²) in [6.45, 7) is 6.47. The van der Waals surface area contributed by atoms with Crippen LogP contribution >= 0.6 is 0 Å². The second-order valence-corrected chi connectivity index (χ2v) is 5.76. The summed E-state index contributed by atoms with van der Waals surface area (Å²) in [6.07, 6.45) is 6.01. The normalized spacial score (nSPS) is 14.2. The number of hydrogen-bond acceptors (Lipinski definition) is 2. The van der Waals surface area contributed by atoms with Gasteiger partial charge in [-0.3, -0.25) is 9.79 Å². The van der Waals surface area contributed by atoms with Crippen molar-refractivity contribution in [1.82, 2.24) is 0 Å². The van der Waals surface area contributed by atoms with E-state index in [-0.39, 0.29) is 6.42 Å². The Morgan fingerprint density at radius 1 is 1.24 bits per heavy atom. The Hall–Kier alpha value is -1.64. The van der Waals surface area contributed by atoms with E-state index in [0.29, 0.717) is 11.8 Å². The number of carbonyl (C=O) groups is 1. The maximum atomic E-state index is 10.6. The van der Waals surface area contributed by atoms with E-state index in [1.165, 1.54) is 5.56 Å². The highest BCUT2D eigenvalue weighted by Crippen LogP contribution is 2.22. The van der Waals surface area contributed by atoms with Crippen molar-refractivity contribution in [3.05, 3.63) is 29.8 Å². The molecule has 2 unspecified atom stereocenters. The van der Waals surface area contributed by atoms with E-state index >= 15 is 0 Å². The molecule has 3 heteroatoms. The lowest BCUT2D eigenvalue weighted by Crippen LogP contribution is -2.10. The van der Waals surface area contributed by atoms with Gasteiger partial charge in [0.05, 0.1) is 5.69 Å². The highest BCUT2D eigenvalue weighted by Gasteiger charge is 2.12. The Labute approximate surface area is 128 Å². The molecule has 0 saturated carbocycles. The Morgan fingerprint density at radius 3 is 2.57 bits per heavy atom. The molecule has 3 nitrogen and oxygen atoms in total. The Kier molecular flexibility index (Phi) is 7.73. The molecular weight excluding hydrogens is 262 g/mol. The standard InChI is InChI=1S/C18H27NO2/c1-4-16-9-5-6-10-17(16)19-13-7-8-14(2)15(3)11-12-18(20)21/h5-6,9-10,13-15H,4,7-8,11-12H2,1-3H3,(H,20,21). The van der Waals surface area contributed by atoms with Gasteiger partial charge in [-0.05, 0) is 49.1 Å². The zero-order valence-electron chi connectivity index (χ0n) is 13.4. The molecule has 0 spiro atoms. The smallest absolute Gasteiger partial charge is 0.303 e. The van der Waals surface area contributed by atoms with Crippen LogP contribution in [0.15, 0.2) is 29.3 Å². The first-order valence-electron chi connectivity index (χ1n) is 7.86. The Balaban J connectivity index is 2.38. The van der Waals surface area contributed by atoms with E-state index in [4.69, 9.17) is 5.11 Å². The van der Waals surface area contributed by atoms with Crippen LogP contribution in [0.4, 0.5) is 5.69 Å². The van der Waals surface area contributed by atoms with Crippen molar-refractivity contribution in [3.8, 4) is 0 Å². The number of aliphatic imine (C=N–C) groups is 1. The average Bonchev–Trinajstić information content (AvgIpc) is 2.49. The molecule has 1 aromatic rings. The third-order valence-corrected chi connectivity index (χ3v) is 4.14. The fourth-order valence-electron chi connectivity index (χ4n) is 2.36. The number of carboxylic acids is 1. The van der Waals surface area contributed by atoms with Crippen LogP contribution in [0.5, 0.6) is 0 Å². The van der Waals surface area contributed by atoms with E-state index in [1.807, 2.05) is 24.4 Å². The number of hydrogen-bond donors (Lipinski definition) is 1. The molecule has 0 aromatic heterocycles. The van der Waals surface area contributed by atoms with E-state index < -0.39 is 5.97 Å². The van der Waals surface area contributed by atoms with Crippen LogP contribution in [-0.2, 0) is 11.2 Å². The summed E-state index contributed by atoms with van der Waals surface area (Å²) in [5, 5.41) is 8.71. The Bertz CT molecular complexity index is 468. The van der Waals surface area contributed by atoms with Crippen molar-refractivity contribution in [2.75, 3.05) is 0 Å². The van der Waals surface area contributed by atoms with Gasteiger partial charge in [0.1, 0.15) is 0 Å². The molecule has 116 valence electrons. The lowest BCUT2D eigenvalue weighted by Gasteiger charge is -2.18. The van der Waals surface area contributed by atoms with Crippen LogP contribution in [0, 0.1) is 11.8 Å². The third-order valence-electron chi connectivity index (χ3n) is 4.14. The first-order chi connectivity index (χ1) is 10.0. The van der Waals surface area contributed by atoms with Crippen LogP contribution < -0.4 is 0 Å². The fourth-order valence-corrected chi connectivity index (χ4v) is 2.36. The SMILES string of the molecule is CCc1ccccc1N=CCCC(C)C(C)CCC(=O)O. The van der Waals surface area contributed by atoms with Gasteiger partial charge in [0.25, 0.3) is 0 Å². The second-order valence-electron chi connectivity index (χ2n) is 5.76. The number of para-hydroxylation sites is 1. The highest BCUT2D eigenvalue weighted by atomic mass is 16.4. The largest absolute Gasteiger partial charge is 0.481 e. The first kappa shape index (κ1) is 17.4. The summed E-state index contributed by atoms with van der Waals surface area (Å²) in [6, 6.07) is 8.23. The van der Waals surface area contributed by atoms with Gasteiger partial charge < -0.3 is 5.11 Å². The molecular formula is C18H27NO2. The van der Waals surface area contributed by atoms with Gasteiger partial charge in [0, 0.05) is 12.6 Å². The molecule has 0 radical (unpaired) electrons. The summed E-state index contributed by atoms with van der Waals surface area (Å²) in [4.78, 5) is 15.1. The second kappa shape index (κ2) is 9.32. The quantitative estimate of drug-likeness (QED) is 0.659. The zero-order chi connectivity index (χ0) is 15.7. The molecule has 0 saturated heterocycles. The summed E-state index contributed by atoms with van der Waals surface area (Å²) in [5.41, 5.74) is 2.34. The first-order valence-corrected chi connectivity index (χ1v) is 7.86. The van der Waals surface area contributed by atoms with Gasteiger partial charge in [-0.15, -0.1) is 0 Å². The van der Waals surface area contributed by atoms with Gasteiger partial charge in [-0.25, -0.2) is 0 Å².